The number of aryl methyl sites for hydroxylation is 1. The predicted octanol–water partition coefficient (Wildman–Crippen LogP) is 6.06. The summed E-state index contributed by atoms with van der Waals surface area (Å²) in [5.74, 6) is 0. The van der Waals surface area contributed by atoms with Gasteiger partial charge in [0.15, 0.2) is 0 Å². The second-order valence-corrected chi connectivity index (χ2v) is 6.64. The Bertz CT molecular complexity index is 1030. The van der Waals surface area contributed by atoms with Crippen LogP contribution in [0.3, 0.4) is 0 Å². The average molecular weight is 388 g/mol. The van der Waals surface area contributed by atoms with E-state index in [1.165, 1.54) is 6.07 Å². The van der Waals surface area contributed by atoms with Crippen molar-refractivity contribution in [3.05, 3.63) is 85.6 Å². The van der Waals surface area contributed by atoms with E-state index in [4.69, 9.17) is 23.2 Å². The van der Waals surface area contributed by atoms with Gasteiger partial charge in [-0.3, -0.25) is 15.1 Å². The Morgan fingerprint density at radius 3 is 2.58 bits per heavy atom. The molecule has 0 aliphatic heterocycles. The molecule has 0 aliphatic carbocycles. The SMILES string of the molecule is Cc1cc(C=Nc2ccc(Cl)cc2Cl)c(C)n1-c1cccc([N+](=O)[O-])c1. The summed E-state index contributed by atoms with van der Waals surface area (Å²) in [6.45, 7) is 3.88. The van der Waals surface area contributed by atoms with Gasteiger partial charge < -0.3 is 4.57 Å². The number of nitro benzene ring substituents is 1. The first kappa shape index (κ1) is 18.2. The van der Waals surface area contributed by atoms with Gasteiger partial charge in [0.05, 0.1) is 21.3 Å². The van der Waals surface area contributed by atoms with Crippen molar-refractivity contribution in [3.63, 3.8) is 0 Å². The van der Waals surface area contributed by atoms with Crippen LogP contribution < -0.4 is 0 Å². The van der Waals surface area contributed by atoms with E-state index in [2.05, 4.69) is 4.99 Å². The molecule has 0 radical (unpaired) electrons. The van der Waals surface area contributed by atoms with Crippen LogP contribution in [0.5, 0.6) is 0 Å². The van der Waals surface area contributed by atoms with Crippen LogP contribution in [0.25, 0.3) is 5.69 Å². The highest BCUT2D eigenvalue weighted by Crippen LogP contribution is 2.28. The summed E-state index contributed by atoms with van der Waals surface area (Å²) in [5, 5.41) is 12.1. The van der Waals surface area contributed by atoms with Gasteiger partial charge >= 0.3 is 0 Å². The molecule has 0 amide bonds. The Balaban J connectivity index is 1.99. The number of rotatable bonds is 4. The molecular weight excluding hydrogens is 373 g/mol. The maximum absolute atomic E-state index is 11.0. The Hall–Kier alpha value is -2.63. The van der Waals surface area contributed by atoms with Crippen LogP contribution in [0.4, 0.5) is 11.4 Å². The largest absolute Gasteiger partial charge is 0.318 e. The molecule has 0 unspecified atom stereocenters. The van der Waals surface area contributed by atoms with E-state index in [9.17, 15) is 10.1 Å². The lowest BCUT2D eigenvalue weighted by Crippen LogP contribution is -2.00. The highest BCUT2D eigenvalue weighted by Gasteiger charge is 2.13. The summed E-state index contributed by atoms with van der Waals surface area (Å²) in [6, 6.07) is 13.6. The summed E-state index contributed by atoms with van der Waals surface area (Å²) in [5.41, 5.74) is 4.19. The number of halogens is 2. The second-order valence-electron chi connectivity index (χ2n) is 5.79. The van der Waals surface area contributed by atoms with Gasteiger partial charge in [-0.15, -0.1) is 0 Å². The fraction of sp³-hybridized carbons (Fsp3) is 0.105. The number of nitro groups is 1. The Labute approximate surface area is 160 Å². The van der Waals surface area contributed by atoms with Gasteiger partial charge in [0, 0.05) is 40.3 Å². The molecule has 0 fully saturated rings. The van der Waals surface area contributed by atoms with E-state index < -0.39 is 4.92 Å². The van der Waals surface area contributed by atoms with Crippen LogP contribution in [0.1, 0.15) is 17.0 Å². The Morgan fingerprint density at radius 1 is 1.12 bits per heavy atom. The van der Waals surface area contributed by atoms with Gasteiger partial charge in [0.1, 0.15) is 0 Å². The lowest BCUT2D eigenvalue weighted by Gasteiger charge is -2.09. The van der Waals surface area contributed by atoms with Gasteiger partial charge in [-0.25, -0.2) is 0 Å². The first-order valence-corrected chi connectivity index (χ1v) is 8.55. The third kappa shape index (κ3) is 3.64. The summed E-state index contributed by atoms with van der Waals surface area (Å²) < 4.78 is 1.96. The van der Waals surface area contributed by atoms with Gasteiger partial charge in [-0.05, 0) is 44.2 Å². The molecule has 1 heterocycles. The van der Waals surface area contributed by atoms with Crippen LogP contribution in [0, 0.1) is 24.0 Å². The molecule has 0 N–H and O–H groups in total. The maximum atomic E-state index is 11.0. The highest BCUT2D eigenvalue weighted by molar-refractivity contribution is 6.36. The smallest absolute Gasteiger partial charge is 0.271 e. The highest BCUT2D eigenvalue weighted by atomic mass is 35.5. The third-order valence-corrected chi connectivity index (χ3v) is 4.56. The Morgan fingerprint density at radius 2 is 1.88 bits per heavy atom. The van der Waals surface area contributed by atoms with Crippen LogP contribution in [-0.4, -0.2) is 15.7 Å². The molecule has 0 spiro atoms. The van der Waals surface area contributed by atoms with Crippen molar-refractivity contribution >= 4 is 40.8 Å². The van der Waals surface area contributed by atoms with Gasteiger partial charge in [-0.1, -0.05) is 29.3 Å². The molecule has 0 saturated heterocycles. The molecule has 0 bridgehead atoms. The van der Waals surface area contributed by atoms with Gasteiger partial charge in [0.2, 0.25) is 0 Å². The summed E-state index contributed by atoms with van der Waals surface area (Å²) >= 11 is 12.0. The summed E-state index contributed by atoms with van der Waals surface area (Å²) in [4.78, 5) is 15.1. The number of benzene rings is 2. The Kier molecular flexibility index (Phi) is 5.11. The van der Waals surface area contributed by atoms with E-state index in [0.29, 0.717) is 15.7 Å². The van der Waals surface area contributed by atoms with Gasteiger partial charge in [0.25, 0.3) is 5.69 Å². The van der Waals surface area contributed by atoms with Crippen LogP contribution in [0.2, 0.25) is 10.0 Å². The molecule has 26 heavy (non-hydrogen) atoms. The molecule has 3 rings (SSSR count). The van der Waals surface area contributed by atoms with Gasteiger partial charge in [-0.2, -0.15) is 0 Å². The second kappa shape index (κ2) is 7.32. The zero-order valence-electron chi connectivity index (χ0n) is 14.1. The molecule has 0 aliphatic rings. The monoisotopic (exact) mass is 387 g/mol. The van der Waals surface area contributed by atoms with Crippen molar-refractivity contribution in [1.29, 1.82) is 0 Å². The normalized spacial score (nSPS) is 11.2. The van der Waals surface area contributed by atoms with E-state index in [0.717, 1.165) is 22.6 Å². The molecule has 3 aromatic rings. The summed E-state index contributed by atoms with van der Waals surface area (Å²) in [6.07, 6.45) is 1.73. The van der Waals surface area contributed by atoms with Crippen molar-refractivity contribution in [3.8, 4) is 5.69 Å². The molecule has 7 heteroatoms. The topological polar surface area (TPSA) is 60.4 Å². The van der Waals surface area contributed by atoms with Crippen molar-refractivity contribution < 1.29 is 4.92 Å². The van der Waals surface area contributed by atoms with Crippen LogP contribution in [-0.2, 0) is 0 Å². The number of hydrogen-bond acceptors (Lipinski definition) is 3. The lowest BCUT2D eigenvalue weighted by atomic mass is 10.2. The predicted molar refractivity (Wildman–Crippen MR) is 106 cm³/mol. The molecule has 0 atom stereocenters. The molecule has 1 aromatic heterocycles. The summed E-state index contributed by atoms with van der Waals surface area (Å²) in [7, 11) is 0. The molecule has 2 aromatic carbocycles. The first-order chi connectivity index (χ1) is 12.4. The van der Waals surface area contributed by atoms with E-state index in [-0.39, 0.29) is 5.69 Å². The number of non-ortho nitro benzene ring substituents is 1. The van der Waals surface area contributed by atoms with Crippen molar-refractivity contribution in [2.75, 3.05) is 0 Å². The average Bonchev–Trinajstić information content (AvgIpc) is 2.88. The molecular formula is C19H15Cl2N3O2. The lowest BCUT2D eigenvalue weighted by molar-refractivity contribution is -0.384. The van der Waals surface area contributed by atoms with E-state index >= 15 is 0 Å². The zero-order chi connectivity index (χ0) is 18.8. The van der Waals surface area contributed by atoms with Crippen molar-refractivity contribution in [2.24, 2.45) is 4.99 Å². The minimum atomic E-state index is -0.400. The van der Waals surface area contributed by atoms with Crippen LogP contribution >= 0.6 is 23.2 Å². The number of aliphatic imine (C=N–C) groups is 1. The molecule has 0 saturated carbocycles. The molecule has 132 valence electrons. The third-order valence-electron chi connectivity index (χ3n) is 4.02. The van der Waals surface area contributed by atoms with Crippen molar-refractivity contribution in [2.45, 2.75) is 13.8 Å². The fourth-order valence-electron chi connectivity index (χ4n) is 2.79. The minimum Gasteiger partial charge on any atom is -0.318 e. The zero-order valence-corrected chi connectivity index (χ0v) is 15.6. The fourth-order valence-corrected chi connectivity index (χ4v) is 3.24. The number of hydrogen-bond donors (Lipinski definition) is 0. The van der Waals surface area contributed by atoms with Crippen LogP contribution in [0.15, 0.2) is 53.5 Å². The minimum absolute atomic E-state index is 0.0539. The van der Waals surface area contributed by atoms with E-state index in [1.54, 1.807) is 36.5 Å². The maximum Gasteiger partial charge on any atom is 0.271 e. The van der Waals surface area contributed by atoms with E-state index in [1.807, 2.05) is 30.5 Å². The standard InChI is InChI=1S/C19H15Cl2N3O2/c1-12-8-14(11-22-19-7-6-15(20)9-18(19)21)13(2)23(12)16-4-3-5-17(10-16)24(25)26/h3-11H,1-2H3. The number of nitrogens with zero attached hydrogens (tertiary/aromatic N) is 3. The quantitative estimate of drug-likeness (QED) is 0.310. The molecule has 5 nitrogen and oxygen atoms in total. The van der Waals surface area contributed by atoms with Crippen molar-refractivity contribution in [1.82, 2.24) is 4.57 Å². The number of aromatic nitrogens is 1. The first-order valence-electron chi connectivity index (χ1n) is 7.79.